The van der Waals surface area contributed by atoms with Crippen LogP contribution in [0.2, 0.25) is 0 Å². The maximum atomic E-state index is 12.2. The molecule has 0 radical (unpaired) electrons. The number of fused-ring (bicyclic) bond motifs is 1. The van der Waals surface area contributed by atoms with Crippen LogP contribution in [0.3, 0.4) is 0 Å². The van der Waals surface area contributed by atoms with E-state index in [0.29, 0.717) is 6.54 Å². The molecule has 2 aromatic rings. The Balaban J connectivity index is 1.84. The molecule has 0 N–H and O–H groups in total. The van der Waals surface area contributed by atoms with E-state index in [2.05, 4.69) is 0 Å². The molecule has 0 atom stereocenters. The molecular weight excluding hydrogens is 288 g/mol. The molecule has 5 nitrogen and oxygen atoms in total. The number of hydrogen-bond donors (Lipinski definition) is 0. The van der Waals surface area contributed by atoms with E-state index in [1.54, 1.807) is 0 Å². The topological polar surface area (TPSA) is 57.7 Å². The maximum Gasteiger partial charge on any atom is 0.306 e. The second-order valence-electron chi connectivity index (χ2n) is 5.15. The monoisotopic (exact) mass is 304 g/mol. The fourth-order valence-electron chi connectivity index (χ4n) is 2.50. The summed E-state index contributed by atoms with van der Waals surface area (Å²) in [6.07, 6.45) is 0.0951. The molecule has 2 aromatic carbocycles. The lowest BCUT2D eigenvalue weighted by Gasteiger charge is -2.16. The van der Waals surface area contributed by atoms with Gasteiger partial charge in [0.15, 0.2) is 0 Å². The molecule has 1 aliphatic heterocycles. The highest BCUT2D eigenvalue weighted by Crippen LogP contribution is 2.19. The average molecular weight is 304 g/mol. The lowest BCUT2D eigenvalue weighted by molar-refractivity contribution is -0.125. The molecule has 1 heterocycles. The number of benzene rings is 2. The van der Waals surface area contributed by atoms with Crippen LogP contribution in [-0.4, -0.2) is 43.1 Å². The first kappa shape index (κ1) is 14.0. The Morgan fingerprint density at radius 1 is 1.10 bits per heavy atom. The third-order valence-corrected chi connectivity index (χ3v) is 5.65. The summed E-state index contributed by atoms with van der Waals surface area (Å²) < 4.78 is 26.1. The summed E-state index contributed by atoms with van der Waals surface area (Å²) in [5.41, 5.74) is 0.823. The Labute approximate surface area is 124 Å². The molecule has 3 rings (SSSR count). The van der Waals surface area contributed by atoms with Crippen LogP contribution in [0.1, 0.15) is 5.56 Å². The van der Waals surface area contributed by atoms with Gasteiger partial charge >= 0.3 is 10.2 Å². The summed E-state index contributed by atoms with van der Waals surface area (Å²) in [5.74, 6) is -0.380. The first-order valence-corrected chi connectivity index (χ1v) is 8.13. The first-order valence-electron chi connectivity index (χ1n) is 6.73. The highest BCUT2D eigenvalue weighted by atomic mass is 32.2. The smallest absolute Gasteiger partial charge is 0.273 e. The number of hydrogen-bond acceptors (Lipinski definition) is 3. The van der Waals surface area contributed by atoms with Gasteiger partial charge in [-0.1, -0.05) is 42.5 Å². The third kappa shape index (κ3) is 2.52. The molecule has 6 heteroatoms. The predicted octanol–water partition coefficient (Wildman–Crippen LogP) is 1.40. The Hall–Kier alpha value is -1.92. The summed E-state index contributed by atoms with van der Waals surface area (Å²) in [6.45, 7) is 0.580. The zero-order chi connectivity index (χ0) is 15.0. The molecule has 1 amide bonds. The van der Waals surface area contributed by atoms with E-state index in [1.165, 1.54) is 11.4 Å². The van der Waals surface area contributed by atoms with Crippen LogP contribution < -0.4 is 0 Å². The van der Waals surface area contributed by atoms with Gasteiger partial charge in [-0.3, -0.25) is 4.79 Å². The number of rotatable bonds is 2. The summed E-state index contributed by atoms with van der Waals surface area (Å²) in [7, 11) is -2.13. The van der Waals surface area contributed by atoms with Crippen molar-refractivity contribution in [3.8, 4) is 0 Å². The van der Waals surface area contributed by atoms with Crippen LogP contribution in [0.4, 0.5) is 0 Å². The predicted molar refractivity (Wildman–Crippen MR) is 80.9 cm³/mol. The number of nitrogens with zero attached hydrogens (tertiary/aromatic N) is 2. The van der Waals surface area contributed by atoms with Crippen LogP contribution in [0.25, 0.3) is 10.8 Å². The van der Waals surface area contributed by atoms with Crippen molar-refractivity contribution in [3.05, 3.63) is 48.0 Å². The van der Waals surface area contributed by atoms with Crippen LogP contribution in [0.5, 0.6) is 0 Å². The summed E-state index contributed by atoms with van der Waals surface area (Å²) >= 11 is 0. The molecule has 0 aromatic heterocycles. The van der Waals surface area contributed by atoms with Crippen molar-refractivity contribution in [2.24, 2.45) is 0 Å². The van der Waals surface area contributed by atoms with Gasteiger partial charge in [0.25, 0.3) is 0 Å². The Kier molecular flexibility index (Phi) is 3.43. The van der Waals surface area contributed by atoms with Crippen LogP contribution in [0.15, 0.2) is 42.5 Å². The number of likely N-dealkylation sites (N-methyl/N-ethyl adjacent to an activating group) is 1. The van der Waals surface area contributed by atoms with Gasteiger partial charge in [-0.05, 0) is 16.3 Å². The summed E-state index contributed by atoms with van der Waals surface area (Å²) in [4.78, 5) is 12.2. The van der Waals surface area contributed by atoms with Gasteiger partial charge in [0.05, 0.1) is 13.0 Å². The van der Waals surface area contributed by atoms with Crippen molar-refractivity contribution in [1.29, 1.82) is 0 Å². The number of carbonyl (C=O) groups excluding carboxylic acids is 1. The maximum absolute atomic E-state index is 12.2. The molecule has 0 saturated carbocycles. The van der Waals surface area contributed by atoms with Gasteiger partial charge in [0.1, 0.15) is 0 Å². The van der Waals surface area contributed by atoms with Gasteiger partial charge in [-0.15, -0.1) is 0 Å². The molecule has 1 saturated heterocycles. The molecule has 0 aliphatic carbocycles. The van der Waals surface area contributed by atoms with Crippen LogP contribution in [0, 0.1) is 0 Å². The highest BCUT2D eigenvalue weighted by molar-refractivity contribution is 7.87. The standard InChI is InChI=1S/C15H16N2O3S/c1-16-8-9-17(21(16,19)20)15(18)11-12-6-7-13-4-2-3-5-14(13)10-12/h2-7,10H,8-9,11H2,1H3. The SMILES string of the molecule is CN1CCN(C(=O)Cc2ccc3ccccc3c2)S1(=O)=O. The fourth-order valence-corrected chi connectivity index (χ4v) is 3.78. The van der Waals surface area contributed by atoms with E-state index < -0.39 is 10.2 Å². The van der Waals surface area contributed by atoms with E-state index in [4.69, 9.17) is 0 Å². The van der Waals surface area contributed by atoms with Gasteiger partial charge in [0, 0.05) is 13.6 Å². The molecule has 1 fully saturated rings. The number of carbonyl (C=O) groups is 1. The minimum absolute atomic E-state index is 0.0951. The zero-order valence-electron chi connectivity index (χ0n) is 11.7. The van der Waals surface area contributed by atoms with E-state index >= 15 is 0 Å². The largest absolute Gasteiger partial charge is 0.306 e. The second-order valence-corrected chi connectivity index (χ2v) is 7.11. The van der Waals surface area contributed by atoms with Gasteiger partial charge < -0.3 is 0 Å². The molecule has 0 unspecified atom stereocenters. The van der Waals surface area contributed by atoms with Crippen LogP contribution in [-0.2, 0) is 21.4 Å². The highest BCUT2D eigenvalue weighted by Gasteiger charge is 2.36. The van der Waals surface area contributed by atoms with Crippen molar-refractivity contribution in [2.75, 3.05) is 20.1 Å². The van der Waals surface area contributed by atoms with Crippen molar-refractivity contribution in [2.45, 2.75) is 6.42 Å². The minimum atomic E-state index is -3.61. The first-order chi connectivity index (χ1) is 9.98. The van der Waals surface area contributed by atoms with Crippen molar-refractivity contribution in [3.63, 3.8) is 0 Å². The van der Waals surface area contributed by atoms with E-state index in [0.717, 1.165) is 20.6 Å². The molecular formula is C15H16N2O3S. The fraction of sp³-hybridized carbons (Fsp3) is 0.267. The average Bonchev–Trinajstić information content (AvgIpc) is 2.73. The third-order valence-electron chi connectivity index (χ3n) is 3.74. The Morgan fingerprint density at radius 3 is 2.48 bits per heavy atom. The van der Waals surface area contributed by atoms with Gasteiger partial charge in [0.2, 0.25) is 5.91 Å². The van der Waals surface area contributed by atoms with Crippen LogP contribution >= 0.6 is 0 Å². The number of amides is 1. The van der Waals surface area contributed by atoms with Crippen molar-refractivity contribution in [1.82, 2.24) is 8.61 Å². The lowest BCUT2D eigenvalue weighted by atomic mass is 10.0. The minimum Gasteiger partial charge on any atom is -0.273 e. The van der Waals surface area contributed by atoms with Gasteiger partial charge in [-0.2, -0.15) is 12.7 Å². The Morgan fingerprint density at radius 2 is 1.81 bits per heavy atom. The normalized spacial score (nSPS) is 18.2. The van der Waals surface area contributed by atoms with E-state index in [1.807, 2.05) is 42.5 Å². The quantitative estimate of drug-likeness (QED) is 0.843. The Bertz CT molecular complexity index is 801. The summed E-state index contributed by atoms with van der Waals surface area (Å²) in [5, 5.41) is 2.14. The van der Waals surface area contributed by atoms with Crippen molar-refractivity contribution >= 4 is 26.9 Å². The van der Waals surface area contributed by atoms with E-state index in [9.17, 15) is 13.2 Å². The molecule has 1 aliphatic rings. The molecule has 0 bridgehead atoms. The second kappa shape index (κ2) is 5.13. The zero-order valence-corrected chi connectivity index (χ0v) is 12.5. The van der Waals surface area contributed by atoms with Crippen molar-refractivity contribution < 1.29 is 13.2 Å². The molecule has 21 heavy (non-hydrogen) atoms. The molecule has 110 valence electrons. The lowest BCUT2D eigenvalue weighted by Crippen LogP contribution is -2.36. The van der Waals surface area contributed by atoms with E-state index in [-0.39, 0.29) is 18.9 Å². The molecule has 0 spiro atoms. The van der Waals surface area contributed by atoms with Gasteiger partial charge in [-0.25, -0.2) is 4.31 Å². The summed E-state index contributed by atoms with van der Waals surface area (Å²) in [6, 6.07) is 13.6.